The molecule has 16 heavy (non-hydrogen) atoms. The largest absolute Gasteiger partial charge is 0.434 e. The SMILES string of the molecule is Nc1ncc(C#CCCO)c(C(F)(F)F)n1. The second kappa shape index (κ2) is 4.81. The van der Waals surface area contributed by atoms with Gasteiger partial charge in [-0.1, -0.05) is 11.8 Å². The smallest absolute Gasteiger partial charge is 0.395 e. The summed E-state index contributed by atoms with van der Waals surface area (Å²) < 4.78 is 37.4. The maximum absolute atomic E-state index is 12.5. The molecule has 0 radical (unpaired) electrons. The molecule has 0 fully saturated rings. The molecule has 7 heteroatoms. The van der Waals surface area contributed by atoms with Crippen molar-refractivity contribution in [1.82, 2.24) is 9.97 Å². The van der Waals surface area contributed by atoms with Crippen molar-refractivity contribution in [2.45, 2.75) is 12.6 Å². The Kier molecular flexibility index (Phi) is 3.68. The third kappa shape index (κ3) is 3.10. The molecule has 0 saturated carbocycles. The number of rotatable bonds is 1. The molecule has 0 amide bonds. The van der Waals surface area contributed by atoms with Crippen LogP contribution in [0.15, 0.2) is 6.20 Å². The number of aliphatic hydroxyl groups excluding tert-OH is 1. The zero-order valence-electron chi connectivity index (χ0n) is 8.04. The van der Waals surface area contributed by atoms with Gasteiger partial charge in [0.05, 0.1) is 12.2 Å². The molecule has 0 aliphatic carbocycles. The monoisotopic (exact) mass is 231 g/mol. The third-order valence-corrected chi connectivity index (χ3v) is 1.54. The first-order valence-electron chi connectivity index (χ1n) is 4.24. The molecular formula is C9H8F3N3O. The number of alkyl halides is 3. The van der Waals surface area contributed by atoms with Gasteiger partial charge in [0.25, 0.3) is 0 Å². The Morgan fingerprint density at radius 3 is 2.69 bits per heavy atom. The first-order chi connectivity index (χ1) is 7.45. The van der Waals surface area contributed by atoms with E-state index < -0.39 is 17.8 Å². The predicted molar refractivity (Wildman–Crippen MR) is 50.0 cm³/mol. The van der Waals surface area contributed by atoms with E-state index >= 15 is 0 Å². The van der Waals surface area contributed by atoms with E-state index in [0.29, 0.717) is 0 Å². The van der Waals surface area contributed by atoms with Gasteiger partial charge in [0, 0.05) is 12.6 Å². The van der Waals surface area contributed by atoms with Gasteiger partial charge in [-0.2, -0.15) is 13.2 Å². The van der Waals surface area contributed by atoms with Crippen LogP contribution in [0.3, 0.4) is 0 Å². The van der Waals surface area contributed by atoms with Crippen LogP contribution in [0, 0.1) is 11.8 Å². The highest BCUT2D eigenvalue weighted by Crippen LogP contribution is 2.29. The molecule has 1 heterocycles. The number of aromatic nitrogens is 2. The fourth-order valence-corrected chi connectivity index (χ4v) is 0.917. The van der Waals surface area contributed by atoms with Crippen molar-refractivity contribution >= 4 is 5.95 Å². The van der Waals surface area contributed by atoms with Crippen molar-refractivity contribution < 1.29 is 18.3 Å². The molecule has 1 rings (SSSR count). The van der Waals surface area contributed by atoms with Crippen LogP contribution >= 0.6 is 0 Å². The van der Waals surface area contributed by atoms with E-state index in [4.69, 9.17) is 10.8 Å². The number of hydrogen-bond acceptors (Lipinski definition) is 4. The molecule has 0 atom stereocenters. The van der Waals surface area contributed by atoms with Crippen LogP contribution in [0.4, 0.5) is 19.1 Å². The molecule has 0 spiro atoms. The van der Waals surface area contributed by atoms with E-state index in [9.17, 15) is 13.2 Å². The van der Waals surface area contributed by atoms with Crippen LogP contribution < -0.4 is 5.73 Å². The molecule has 86 valence electrons. The highest BCUT2D eigenvalue weighted by atomic mass is 19.4. The number of halogens is 3. The summed E-state index contributed by atoms with van der Waals surface area (Å²) in [5.41, 5.74) is 3.56. The van der Waals surface area contributed by atoms with Crippen LogP contribution in [-0.4, -0.2) is 21.7 Å². The summed E-state index contributed by atoms with van der Waals surface area (Å²) in [4.78, 5) is 6.53. The maximum atomic E-state index is 12.5. The lowest BCUT2D eigenvalue weighted by atomic mass is 10.2. The van der Waals surface area contributed by atoms with Crippen LogP contribution in [-0.2, 0) is 6.18 Å². The van der Waals surface area contributed by atoms with Crippen molar-refractivity contribution in [1.29, 1.82) is 0 Å². The van der Waals surface area contributed by atoms with Gasteiger partial charge >= 0.3 is 6.18 Å². The van der Waals surface area contributed by atoms with Gasteiger partial charge in [-0.05, 0) is 0 Å². The van der Waals surface area contributed by atoms with Crippen molar-refractivity contribution in [2.24, 2.45) is 0 Å². The molecule has 0 aliphatic rings. The fraction of sp³-hybridized carbons (Fsp3) is 0.333. The molecular weight excluding hydrogens is 223 g/mol. The standard InChI is InChI=1S/C9H8F3N3O/c10-9(11,12)7-6(3-1-2-4-16)5-14-8(13)15-7/h5,16H,2,4H2,(H2,13,14,15). The van der Waals surface area contributed by atoms with E-state index in [2.05, 4.69) is 21.8 Å². The van der Waals surface area contributed by atoms with Gasteiger partial charge in [-0.25, -0.2) is 9.97 Å². The quantitative estimate of drug-likeness (QED) is 0.701. The average molecular weight is 231 g/mol. The van der Waals surface area contributed by atoms with Crippen LogP contribution in [0.25, 0.3) is 0 Å². The Morgan fingerprint density at radius 1 is 1.44 bits per heavy atom. The first kappa shape index (κ1) is 12.3. The van der Waals surface area contributed by atoms with Crippen molar-refractivity contribution in [3.63, 3.8) is 0 Å². The minimum Gasteiger partial charge on any atom is -0.395 e. The summed E-state index contributed by atoms with van der Waals surface area (Å²) in [6.07, 6.45) is -3.63. The molecule has 1 aromatic heterocycles. The Labute approximate surface area is 89.3 Å². The minimum absolute atomic E-state index is 0.0850. The lowest BCUT2D eigenvalue weighted by Gasteiger charge is -2.07. The highest BCUT2D eigenvalue weighted by molar-refractivity contribution is 5.40. The van der Waals surface area contributed by atoms with Gasteiger partial charge in [-0.3, -0.25) is 0 Å². The zero-order valence-corrected chi connectivity index (χ0v) is 8.04. The molecule has 1 aromatic rings. The van der Waals surface area contributed by atoms with Gasteiger partial charge in [0.15, 0.2) is 5.69 Å². The third-order valence-electron chi connectivity index (χ3n) is 1.54. The Morgan fingerprint density at radius 2 is 2.12 bits per heavy atom. The lowest BCUT2D eigenvalue weighted by molar-refractivity contribution is -0.141. The summed E-state index contributed by atoms with van der Waals surface area (Å²) >= 11 is 0. The lowest BCUT2D eigenvalue weighted by Crippen LogP contribution is -2.13. The number of nitrogens with zero attached hydrogens (tertiary/aromatic N) is 2. The van der Waals surface area contributed by atoms with Gasteiger partial charge in [0.1, 0.15) is 0 Å². The molecule has 0 aromatic carbocycles. The Hall–Kier alpha value is -1.81. The fourth-order valence-electron chi connectivity index (χ4n) is 0.917. The van der Waals surface area contributed by atoms with Crippen molar-refractivity contribution in [3.05, 3.63) is 17.5 Å². The number of nitrogens with two attached hydrogens (primary N) is 1. The molecule has 0 unspecified atom stereocenters. The van der Waals surface area contributed by atoms with E-state index in [-0.39, 0.29) is 18.6 Å². The second-order valence-corrected chi connectivity index (χ2v) is 2.76. The van der Waals surface area contributed by atoms with E-state index in [1.807, 2.05) is 0 Å². The Bertz CT molecular complexity index is 434. The number of anilines is 1. The summed E-state index contributed by atoms with van der Waals surface area (Å²) in [5.74, 6) is 4.14. The number of aliphatic hydroxyl groups is 1. The van der Waals surface area contributed by atoms with Crippen molar-refractivity contribution in [3.8, 4) is 11.8 Å². The van der Waals surface area contributed by atoms with E-state index in [0.717, 1.165) is 6.20 Å². The Balaban J connectivity index is 3.15. The first-order valence-corrected chi connectivity index (χ1v) is 4.24. The molecule has 4 nitrogen and oxygen atoms in total. The summed E-state index contributed by atoms with van der Waals surface area (Å²) in [5, 5.41) is 8.44. The van der Waals surface area contributed by atoms with Crippen LogP contribution in [0.5, 0.6) is 0 Å². The average Bonchev–Trinajstić information content (AvgIpc) is 2.19. The molecule has 0 bridgehead atoms. The molecule has 3 N–H and O–H groups in total. The highest BCUT2D eigenvalue weighted by Gasteiger charge is 2.35. The minimum atomic E-state index is -4.62. The topological polar surface area (TPSA) is 72.0 Å². The predicted octanol–water partition coefficient (Wildman–Crippen LogP) is 0.812. The normalized spacial score (nSPS) is 10.8. The maximum Gasteiger partial charge on any atom is 0.434 e. The van der Waals surface area contributed by atoms with Gasteiger partial charge < -0.3 is 10.8 Å². The number of hydrogen-bond donors (Lipinski definition) is 2. The summed E-state index contributed by atoms with van der Waals surface area (Å²) in [6.45, 7) is -0.218. The van der Waals surface area contributed by atoms with Gasteiger partial charge in [-0.15, -0.1) is 0 Å². The van der Waals surface area contributed by atoms with Crippen molar-refractivity contribution in [2.75, 3.05) is 12.3 Å². The van der Waals surface area contributed by atoms with Gasteiger partial charge in [0.2, 0.25) is 5.95 Å². The van der Waals surface area contributed by atoms with Crippen LogP contribution in [0.2, 0.25) is 0 Å². The van der Waals surface area contributed by atoms with E-state index in [1.165, 1.54) is 0 Å². The molecule has 0 saturated heterocycles. The van der Waals surface area contributed by atoms with E-state index in [1.54, 1.807) is 0 Å². The summed E-state index contributed by atoms with van der Waals surface area (Å²) in [7, 11) is 0. The number of nitrogen functional groups attached to an aromatic ring is 1. The second-order valence-electron chi connectivity index (χ2n) is 2.76. The summed E-state index contributed by atoms with van der Waals surface area (Å²) in [6, 6.07) is 0. The zero-order chi connectivity index (χ0) is 12.2. The van der Waals surface area contributed by atoms with Crippen LogP contribution in [0.1, 0.15) is 17.7 Å². The molecule has 0 aliphatic heterocycles.